The maximum absolute atomic E-state index is 12.9. The highest BCUT2D eigenvalue weighted by Crippen LogP contribution is 2.32. The van der Waals surface area contributed by atoms with Crippen LogP contribution in [-0.2, 0) is 6.54 Å². The van der Waals surface area contributed by atoms with Gasteiger partial charge in [0.15, 0.2) is 5.76 Å². The molecule has 1 N–H and O–H groups in total. The Morgan fingerprint density at radius 3 is 2.91 bits per heavy atom. The van der Waals surface area contributed by atoms with Gasteiger partial charge in [-0.2, -0.15) is 0 Å². The van der Waals surface area contributed by atoms with E-state index in [-0.39, 0.29) is 17.9 Å². The Bertz CT molecular complexity index is 654. The summed E-state index contributed by atoms with van der Waals surface area (Å²) in [6.45, 7) is 2.93. The van der Waals surface area contributed by atoms with E-state index >= 15 is 0 Å². The van der Waals surface area contributed by atoms with E-state index in [0.717, 1.165) is 29.9 Å². The molecule has 2 amide bonds. The molecule has 1 aliphatic heterocycles. The maximum Gasteiger partial charge on any atom is 0.318 e. The third-order valence-electron chi connectivity index (χ3n) is 3.85. The number of carbonyl (C=O) groups is 1. The molecule has 1 aromatic carbocycles. The number of halogens is 1. The molecule has 0 radical (unpaired) electrons. The van der Waals surface area contributed by atoms with Gasteiger partial charge in [-0.15, -0.1) is 0 Å². The highest BCUT2D eigenvalue weighted by atomic mass is 19.1. The fourth-order valence-electron chi connectivity index (χ4n) is 2.73. The van der Waals surface area contributed by atoms with Gasteiger partial charge in [-0.25, -0.2) is 9.18 Å². The number of carbonyl (C=O) groups excluding carboxylic acids is 1. The van der Waals surface area contributed by atoms with E-state index in [1.54, 1.807) is 17.0 Å². The number of rotatable bonds is 3. The van der Waals surface area contributed by atoms with E-state index in [4.69, 9.17) is 4.52 Å². The first kappa shape index (κ1) is 14.6. The summed E-state index contributed by atoms with van der Waals surface area (Å²) in [5, 5.41) is 6.76. The number of nitrogens with one attached hydrogen (secondary N) is 1. The molecule has 22 heavy (non-hydrogen) atoms. The van der Waals surface area contributed by atoms with Gasteiger partial charge in [0.1, 0.15) is 5.82 Å². The van der Waals surface area contributed by atoms with E-state index in [2.05, 4.69) is 10.5 Å². The lowest BCUT2D eigenvalue weighted by atomic mass is 10.1. The van der Waals surface area contributed by atoms with E-state index in [9.17, 15) is 9.18 Å². The maximum atomic E-state index is 12.9. The van der Waals surface area contributed by atoms with Gasteiger partial charge < -0.3 is 14.7 Å². The van der Waals surface area contributed by atoms with Crippen LogP contribution in [0.2, 0.25) is 0 Å². The molecule has 2 aromatic rings. The molecule has 1 aliphatic rings. The number of urea groups is 1. The third-order valence-corrected chi connectivity index (χ3v) is 3.85. The van der Waals surface area contributed by atoms with Crippen LogP contribution in [0.4, 0.5) is 9.18 Å². The van der Waals surface area contributed by atoms with Crippen molar-refractivity contribution in [3.8, 4) is 0 Å². The number of aromatic nitrogens is 1. The smallest absolute Gasteiger partial charge is 0.318 e. The van der Waals surface area contributed by atoms with E-state index in [0.29, 0.717) is 13.1 Å². The first-order valence-corrected chi connectivity index (χ1v) is 7.35. The summed E-state index contributed by atoms with van der Waals surface area (Å²) >= 11 is 0. The van der Waals surface area contributed by atoms with Crippen LogP contribution in [0.15, 0.2) is 34.9 Å². The number of nitrogens with zero attached hydrogens (tertiary/aromatic N) is 2. The molecule has 3 rings (SSSR count). The predicted octanol–water partition coefficient (Wildman–Crippen LogP) is 3.17. The normalized spacial score (nSPS) is 17.7. The van der Waals surface area contributed by atoms with Crippen molar-refractivity contribution in [1.82, 2.24) is 15.4 Å². The summed E-state index contributed by atoms with van der Waals surface area (Å²) in [6, 6.07) is 7.77. The summed E-state index contributed by atoms with van der Waals surface area (Å²) in [5.41, 5.74) is 1.68. The fourth-order valence-corrected chi connectivity index (χ4v) is 2.73. The van der Waals surface area contributed by atoms with Crippen LogP contribution in [0, 0.1) is 12.7 Å². The van der Waals surface area contributed by atoms with Crippen molar-refractivity contribution in [1.29, 1.82) is 0 Å². The van der Waals surface area contributed by atoms with Crippen molar-refractivity contribution in [2.45, 2.75) is 32.4 Å². The van der Waals surface area contributed by atoms with Crippen LogP contribution in [0.1, 0.15) is 35.9 Å². The summed E-state index contributed by atoms with van der Waals surface area (Å²) < 4.78 is 18.2. The number of amides is 2. The van der Waals surface area contributed by atoms with Crippen molar-refractivity contribution in [3.63, 3.8) is 0 Å². The van der Waals surface area contributed by atoms with Crippen LogP contribution < -0.4 is 5.32 Å². The summed E-state index contributed by atoms with van der Waals surface area (Å²) in [6.07, 6.45) is 1.81. The highest BCUT2D eigenvalue weighted by Gasteiger charge is 2.32. The molecular weight excluding hydrogens is 285 g/mol. The molecule has 6 heteroatoms. The average molecular weight is 303 g/mol. The predicted molar refractivity (Wildman–Crippen MR) is 78.6 cm³/mol. The molecule has 5 nitrogen and oxygen atoms in total. The lowest BCUT2D eigenvalue weighted by molar-refractivity contribution is 0.182. The Hall–Kier alpha value is -2.37. The van der Waals surface area contributed by atoms with E-state index in [1.165, 1.54) is 12.1 Å². The van der Waals surface area contributed by atoms with E-state index in [1.807, 2.05) is 13.0 Å². The van der Waals surface area contributed by atoms with Gasteiger partial charge in [-0.05, 0) is 37.5 Å². The van der Waals surface area contributed by atoms with Crippen LogP contribution in [0.25, 0.3) is 0 Å². The summed E-state index contributed by atoms with van der Waals surface area (Å²) in [4.78, 5) is 14.1. The first-order valence-electron chi connectivity index (χ1n) is 7.35. The molecule has 2 heterocycles. The average Bonchev–Trinajstić information content (AvgIpc) is 3.14. The summed E-state index contributed by atoms with van der Waals surface area (Å²) in [5.74, 6) is 0.447. The Balaban J connectivity index is 1.62. The third kappa shape index (κ3) is 3.10. The number of hydrogen-bond acceptors (Lipinski definition) is 3. The van der Waals surface area contributed by atoms with Crippen LogP contribution >= 0.6 is 0 Å². The standard InChI is InChI=1S/C16H18FN3O2/c1-11-9-15(22-19-11)14-3-2-8-20(14)16(21)18-10-12-4-6-13(17)7-5-12/h4-7,9,14H,2-3,8,10H2,1H3,(H,18,21)/t14-/m0/s1. The molecule has 1 fully saturated rings. The molecule has 1 saturated heterocycles. The van der Waals surface area contributed by atoms with Crippen molar-refractivity contribution in [2.75, 3.05) is 6.54 Å². The highest BCUT2D eigenvalue weighted by molar-refractivity contribution is 5.75. The van der Waals surface area contributed by atoms with Gasteiger partial charge >= 0.3 is 6.03 Å². The SMILES string of the molecule is Cc1cc([C@@H]2CCCN2C(=O)NCc2ccc(F)cc2)on1. The topological polar surface area (TPSA) is 58.4 Å². The minimum absolute atomic E-state index is 0.0607. The molecule has 1 aromatic heterocycles. The van der Waals surface area contributed by atoms with Crippen LogP contribution in [0.3, 0.4) is 0 Å². The van der Waals surface area contributed by atoms with Gasteiger partial charge in [-0.1, -0.05) is 17.3 Å². The zero-order chi connectivity index (χ0) is 15.5. The molecule has 1 atom stereocenters. The monoisotopic (exact) mass is 303 g/mol. The first-order chi connectivity index (χ1) is 10.6. The van der Waals surface area contributed by atoms with Crippen molar-refractivity contribution >= 4 is 6.03 Å². The van der Waals surface area contributed by atoms with Crippen molar-refractivity contribution in [2.24, 2.45) is 0 Å². The zero-order valence-electron chi connectivity index (χ0n) is 12.4. The Labute approximate surface area is 128 Å². The number of aryl methyl sites for hydroxylation is 1. The van der Waals surface area contributed by atoms with Gasteiger partial charge in [0, 0.05) is 19.2 Å². The number of hydrogen-bond donors (Lipinski definition) is 1. The molecule has 0 saturated carbocycles. The second-order valence-corrected chi connectivity index (χ2v) is 5.51. The van der Waals surface area contributed by atoms with Gasteiger partial charge in [0.05, 0.1) is 11.7 Å². The number of benzene rings is 1. The zero-order valence-corrected chi connectivity index (χ0v) is 12.4. The van der Waals surface area contributed by atoms with E-state index < -0.39 is 0 Å². The quantitative estimate of drug-likeness (QED) is 0.947. The molecule has 0 unspecified atom stereocenters. The lowest BCUT2D eigenvalue weighted by Gasteiger charge is -2.23. The van der Waals surface area contributed by atoms with Gasteiger partial charge in [0.25, 0.3) is 0 Å². The Morgan fingerprint density at radius 1 is 1.45 bits per heavy atom. The lowest BCUT2D eigenvalue weighted by Crippen LogP contribution is -2.39. The largest absolute Gasteiger partial charge is 0.359 e. The van der Waals surface area contributed by atoms with Crippen molar-refractivity contribution in [3.05, 3.63) is 53.2 Å². The molecule has 0 aliphatic carbocycles. The molecule has 0 spiro atoms. The second kappa shape index (κ2) is 6.17. The molecule has 116 valence electrons. The minimum atomic E-state index is -0.282. The summed E-state index contributed by atoms with van der Waals surface area (Å²) in [7, 11) is 0. The van der Waals surface area contributed by atoms with Crippen LogP contribution in [0.5, 0.6) is 0 Å². The minimum Gasteiger partial charge on any atom is -0.359 e. The van der Waals surface area contributed by atoms with Crippen LogP contribution in [-0.4, -0.2) is 22.6 Å². The Morgan fingerprint density at radius 2 is 2.23 bits per heavy atom. The second-order valence-electron chi connectivity index (χ2n) is 5.51. The molecule has 0 bridgehead atoms. The molecular formula is C16H18FN3O2. The van der Waals surface area contributed by atoms with Crippen molar-refractivity contribution < 1.29 is 13.7 Å². The van der Waals surface area contributed by atoms with Gasteiger partial charge in [-0.3, -0.25) is 0 Å². The number of likely N-dealkylation sites (tertiary alicyclic amines) is 1. The van der Waals surface area contributed by atoms with Gasteiger partial charge in [0.2, 0.25) is 0 Å². The fraction of sp³-hybridized carbons (Fsp3) is 0.375. The Kier molecular flexibility index (Phi) is 4.09.